The number of aliphatic hydroxyl groups is 1. The first-order chi connectivity index (χ1) is 12.6. The Morgan fingerprint density at radius 2 is 2.12 bits per heavy atom. The fourth-order valence-electron chi connectivity index (χ4n) is 3.38. The lowest BCUT2D eigenvalue weighted by Gasteiger charge is -2.27. The molecular formula is C19H23N3O4. The van der Waals surface area contributed by atoms with E-state index in [0.29, 0.717) is 44.6 Å². The molecule has 0 spiro atoms. The van der Waals surface area contributed by atoms with Crippen molar-refractivity contribution >= 4 is 5.91 Å². The maximum atomic E-state index is 12.6. The van der Waals surface area contributed by atoms with Crippen molar-refractivity contribution in [1.82, 2.24) is 14.7 Å². The van der Waals surface area contributed by atoms with Crippen LogP contribution in [0.15, 0.2) is 24.3 Å². The van der Waals surface area contributed by atoms with Crippen molar-refractivity contribution in [1.29, 1.82) is 0 Å². The first-order valence-corrected chi connectivity index (χ1v) is 9.05. The first kappa shape index (κ1) is 16.9. The third-order valence-electron chi connectivity index (χ3n) is 4.96. The van der Waals surface area contributed by atoms with Crippen molar-refractivity contribution in [2.24, 2.45) is 0 Å². The van der Waals surface area contributed by atoms with Crippen LogP contribution in [0.3, 0.4) is 0 Å². The fourth-order valence-corrected chi connectivity index (χ4v) is 3.38. The topological polar surface area (TPSA) is 76.8 Å². The number of aromatic nitrogens is 2. The number of hydrogen-bond acceptors (Lipinski definition) is 5. The van der Waals surface area contributed by atoms with E-state index in [2.05, 4.69) is 5.10 Å². The van der Waals surface area contributed by atoms with E-state index in [4.69, 9.17) is 9.47 Å². The average molecular weight is 357 g/mol. The van der Waals surface area contributed by atoms with E-state index in [1.807, 2.05) is 40.8 Å². The van der Waals surface area contributed by atoms with Crippen LogP contribution in [0.2, 0.25) is 0 Å². The average Bonchev–Trinajstić information content (AvgIpc) is 3.30. The highest BCUT2D eigenvalue weighted by molar-refractivity contribution is 5.76. The Balaban J connectivity index is 1.36. The molecule has 0 bridgehead atoms. The van der Waals surface area contributed by atoms with Crippen LogP contribution in [0.4, 0.5) is 0 Å². The van der Waals surface area contributed by atoms with Gasteiger partial charge in [-0.1, -0.05) is 13.0 Å². The maximum absolute atomic E-state index is 12.6. The van der Waals surface area contributed by atoms with E-state index in [1.54, 1.807) is 0 Å². The highest BCUT2D eigenvalue weighted by Gasteiger charge is 2.23. The third-order valence-corrected chi connectivity index (χ3v) is 4.96. The highest BCUT2D eigenvalue weighted by atomic mass is 16.7. The zero-order valence-corrected chi connectivity index (χ0v) is 14.9. The summed E-state index contributed by atoms with van der Waals surface area (Å²) in [5, 5.41) is 14.4. The molecule has 2 aromatic rings. The Labute approximate surface area is 152 Å². The van der Waals surface area contributed by atoms with Crippen LogP contribution in [0.5, 0.6) is 11.5 Å². The molecule has 1 N–H and O–H groups in total. The van der Waals surface area contributed by atoms with Crippen molar-refractivity contribution in [3.8, 4) is 11.5 Å². The van der Waals surface area contributed by atoms with Crippen LogP contribution < -0.4 is 9.47 Å². The lowest BCUT2D eigenvalue weighted by molar-refractivity contribution is -0.132. The quantitative estimate of drug-likeness (QED) is 0.886. The van der Waals surface area contributed by atoms with Gasteiger partial charge in [0.15, 0.2) is 11.5 Å². The number of carbonyl (C=O) groups is 1. The van der Waals surface area contributed by atoms with Crippen molar-refractivity contribution in [3.05, 3.63) is 41.2 Å². The number of ether oxygens (including phenoxy) is 2. The Hall–Kier alpha value is -2.54. The molecule has 4 rings (SSSR count). The number of aliphatic hydroxyl groups excluding tert-OH is 1. The summed E-state index contributed by atoms with van der Waals surface area (Å²) in [5.74, 6) is 1.64. The maximum Gasteiger partial charge on any atom is 0.231 e. The standard InChI is InChI=1S/C19H23N3O4/c1-2-16(23)15-10-14-11-21(7-8-22(14)20-15)19(24)6-4-13-3-5-17-18(9-13)26-12-25-17/h3,5,9-10,16,23H,2,4,6-8,11-12H2,1H3/t16-/m1/s1. The van der Waals surface area contributed by atoms with Crippen molar-refractivity contribution < 1.29 is 19.4 Å². The second-order valence-corrected chi connectivity index (χ2v) is 6.71. The van der Waals surface area contributed by atoms with Gasteiger partial charge in [-0.3, -0.25) is 9.48 Å². The first-order valence-electron chi connectivity index (χ1n) is 9.05. The molecule has 0 unspecified atom stereocenters. The molecule has 7 nitrogen and oxygen atoms in total. The van der Waals surface area contributed by atoms with Gasteiger partial charge in [0.1, 0.15) is 0 Å². The number of hydrogen-bond donors (Lipinski definition) is 1. The minimum atomic E-state index is -0.539. The van der Waals surface area contributed by atoms with Gasteiger partial charge < -0.3 is 19.5 Å². The van der Waals surface area contributed by atoms with Gasteiger partial charge in [-0.2, -0.15) is 5.10 Å². The van der Waals surface area contributed by atoms with E-state index in [-0.39, 0.29) is 12.7 Å². The summed E-state index contributed by atoms with van der Waals surface area (Å²) >= 11 is 0. The number of aryl methyl sites for hydroxylation is 1. The van der Waals surface area contributed by atoms with Crippen LogP contribution in [0.25, 0.3) is 0 Å². The van der Waals surface area contributed by atoms with Gasteiger partial charge in [0.05, 0.1) is 30.6 Å². The van der Waals surface area contributed by atoms with Crippen LogP contribution in [0.1, 0.15) is 42.8 Å². The fraction of sp³-hybridized carbons (Fsp3) is 0.474. The Bertz CT molecular complexity index is 817. The molecular weight excluding hydrogens is 334 g/mol. The summed E-state index contributed by atoms with van der Waals surface area (Å²) in [6.07, 6.45) is 1.22. The zero-order chi connectivity index (χ0) is 18.1. The van der Waals surface area contributed by atoms with Gasteiger partial charge in [0, 0.05) is 13.0 Å². The number of benzene rings is 1. The predicted octanol–water partition coefficient (Wildman–Crippen LogP) is 2.03. The molecule has 138 valence electrons. The van der Waals surface area contributed by atoms with Crippen molar-refractivity contribution in [2.75, 3.05) is 13.3 Å². The molecule has 3 heterocycles. The van der Waals surface area contributed by atoms with Gasteiger partial charge in [0.2, 0.25) is 12.7 Å². The Morgan fingerprint density at radius 1 is 1.27 bits per heavy atom. The van der Waals surface area contributed by atoms with E-state index in [9.17, 15) is 9.90 Å². The van der Waals surface area contributed by atoms with Crippen molar-refractivity contribution in [2.45, 2.75) is 45.4 Å². The second kappa shape index (κ2) is 6.99. The summed E-state index contributed by atoms with van der Waals surface area (Å²) in [5.41, 5.74) is 2.74. The SMILES string of the molecule is CC[C@@H](O)c1cc2n(n1)CCN(C(=O)CCc1ccc3c(c1)OCO3)C2. The van der Waals surface area contributed by atoms with Gasteiger partial charge >= 0.3 is 0 Å². The predicted molar refractivity (Wildman–Crippen MR) is 93.8 cm³/mol. The molecule has 26 heavy (non-hydrogen) atoms. The van der Waals surface area contributed by atoms with Gasteiger partial charge in [-0.25, -0.2) is 0 Å². The van der Waals surface area contributed by atoms with Gasteiger partial charge in [-0.05, 0) is 36.6 Å². The van der Waals surface area contributed by atoms with Crippen molar-refractivity contribution in [3.63, 3.8) is 0 Å². The Kier molecular flexibility index (Phi) is 4.55. The second-order valence-electron chi connectivity index (χ2n) is 6.71. The van der Waals surface area contributed by atoms with Gasteiger partial charge in [-0.15, -0.1) is 0 Å². The third kappa shape index (κ3) is 3.26. The zero-order valence-electron chi connectivity index (χ0n) is 14.9. The van der Waals surface area contributed by atoms with Crippen LogP contribution in [0, 0.1) is 0 Å². The number of fused-ring (bicyclic) bond motifs is 2. The number of carbonyl (C=O) groups excluding carboxylic acids is 1. The van der Waals surface area contributed by atoms with Crippen LogP contribution in [-0.2, 0) is 24.3 Å². The molecule has 1 amide bonds. The normalized spacial score (nSPS) is 16.5. The summed E-state index contributed by atoms with van der Waals surface area (Å²) in [4.78, 5) is 14.5. The van der Waals surface area contributed by atoms with Gasteiger partial charge in [0.25, 0.3) is 0 Å². The molecule has 0 radical (unpaired) electrons. The Morgan fingerprint density at radius 3 is 2.96 bits per heavy atom. The van der Waals surface area contributed by atoms with E-state index >= 15 is 0 Å². The molecule has 7 heteroatoms. The molecule has 0 saturated heterocycles. The molecule has 0 fully saturated rings. The monoisotopic (exact) mass is 357 g/mol. The molecule has 2 aliphatic heterocycles. The molecule has 1 atom stereocenters. The minimum Gasteiger partial charge on any atom is -0.454 e. The summed E-state index contributed by atoms with van der Waals surface area (Å²) < 4.78 is 12.6. The van der Waals surface area contributed by atoms with E-state index in [1.165, 1.54) is 0 Å². The molecule has 0 saturated carbocycles. The highest BCUT2D eigenvalue weighted by Crippen LogP contribution is 2.32. The van der Waals surface area contributed by atoms with Crippen LogP contribution in [-0.4, -0.2) is 39.0 Å². The lowest BCUT2D eigenvalue weighted by atomic mass is 10.1. The molecule has 1 aromatic carbocycles. The number of rotatable bonds is 5. The summed E-state index contributed by atoms with van der Waals surface area (Å²) in [6.45, 7) is 4.05. The number of amides is 1. The minimum absolute atomic E-state index is 0.132. The lowest BCUT2D eigenvalue weighted by Crippen LogP contribution is -2.38. The van der Waals surface area contributed by atoms with E-state index < -0.39 is 6.10 Å². The molecule has 0 aliphatic carbocycles. The van der Waals surface area contributed by atoms with E-state index in [0.717, 1.165) is 22.8 Å². The smallest absolute Gasteiger partial charge is 0.231 e. The van der Waals surface area contributed by atoms with Crippen LogP contribution >= 0.6 is 0 Å². The summed E-state index contributed by atoms with van der Waals surface area (Å²) in [6, 6.07) is 7.72. The number of nitrogens with zero attached hydrogens (tertiary/aromatic N) is 3. The molecule has 1 aromatic heterocycles. The summed E-state index contributed by atoms with van der Waals surface area (Å²) in [7, 11) is 0. The largest absolute Gasteiger partial charge is 0.454 e. The molecule has 2 aliphatic rings.